The lowest BCUT2D eigenvalue weighted by molar-refractivity contribution is 0.608. The molecule has 1 aromatic heterocycles. The highest BCUT2D eigenvalue weighted by atomic mass is 35.5. The van der Waals surface area contributed by atoms with Gasteiger partial charge >= 0.3 is 0 Å². The zero-order valence-electron chi connectivity index (χ0n) is 11.5. The van der Waals surface area contributed by atoms with Gasteiger partial charge in [-0.1, -0.05) is 38.3 Å². The van der Waals surface area contributed by atoms with Crippen molar-refractivity contribution in [3.8, 4) is 0 Å². The zero-order chi connectivity index (χ0) is 13.1. The summed E-state index contributed by atoms with van der Waals surface area (Å²) in [5.74, 6) is 2.15. The predicted octanol–water partition coefficient (Wildman–Crippen LogP) is 4.02. The van der Waals surface area contributed by atoms with Crippen molar-refractivity contribution in [3.05, 3.63) is 17.0 Å². The van der Waals surface area contributed by atoms with E-state index >= 15 is 0 Å². The summed E-state index contributed by atoms with van der Waals surface area (Å²) in [6.45, 7) is 7.36. The minimum absolute atomic E-state index is 0.310. The minimum Gasteiger partial charge on any atom is -0.354 e. The molecule has 0 aliphatic heterocycles. The van der Waals surface area contributed by atoms with Crippen molar-refractivity contribution < 1.29 is 0 Å². The van der Waals surface area contributed by atoms with E-state index in [0.717, 1.165) is 18.2 Å². The van der Waals surface area contributed by atoms with Gasteiger partial charge in [0.05, 0.1) is 0 Å². The predicted molar refractivity (Wildman–Crippen MR) is 76.4 cm³/mol. The smallest absolute Gasteiger partial charge is 0.135 e. The first kappa shape index (κ1) is 13.6. The van der Waals surface area contributed by atoms with Crippen LogP contribution in [0, 0.1) is 0 Å². The van der Waals surface area contributed by atoms with E-state index in [-0.39, 0.29) is 0 Å². The Kier molecular flexibility index (Phi) is 4.44. The van der Waals surface area contributed by atoms with Gasteiger partial charge in [0.1, 0.15) is 16.8 Å². The third-order valence-corrected chi connectivity index (χ3v) is 3.81. The van der Waals surface area contributed by atoms with Crippen LogP contribution in [0.5, 0.6) is 0 Å². The largest absolute Gasteiger partial charge is 0.354 e. The average molecular weight is 268 g/mol. The van der Waals surface area contributed by atoms with Crippen LogP contribution in [0.2, 0.25) is 5.15 Å². The fraction of sp³-hybridized carbons (Fsp3) is 0.714. The Morgan fingerprint density at radius 2 is 2.00 bits per heavy atom. The molecule has 0 unspecified atom stereocenters. The van der Waals surface area contributed by atoms with Crippen molar-refractivity contribution in [2.45, 2.75) is 58.4 Å². The van der Waals surface area contributed by atoms with Crippen LogP contribution in [-0.2, 0) is 0 Å². The van der Waals surface area contributed by atoms with Crippen LogP contribution >= 0.6 is 11.6 Å². The first-order valence-corrected chi connectivity index (χ1v) is 7.30. The molecule has 0 bridgehead atoms. The van der Waals surface area contributed by atoms with E-state index in [9.17, 15) is 0 Å². The molecule has 1 saturated carbocycles. The van der Waals surface area contributed by atoms with Crippen molar-refractivity contribution in [2.75, 3.05) is 11.4 Å². The molecule has 1 aliphatic carbocycles. The molecule has 0 radical (unpaired) electrons. The second kappa shape index (κ2) is 5.87. The molecule has 0 aromatic carbocycles. The van der Waals surface area contributed by atoms with Crippen LogP contribution in [0.25, 0.3) is 0 Å². The monoisotopic (exact) mass is 267 g/mol. The molecule has 3 nitrogen and oxygen atoms in total. The van der Waals surface area contributed by atoms with Crippen molar-refractivity contribution in [1.82, 2.24) is 9.97 Å². The number of hydrogen-bond acceptors (Lipinski definition) is 3. The van der Waals surface area contributed by atoms with Crippen molar-refractivity contribution in [3.63, 3.8) is 0 Å². The normalized spacial score (nSPS) is 16.5. The van der Waals surface area contributed by atoms with Crippen LogP contribution in [0.15, 0.2) is 6.07 Å². The maximum Gasteiger partial charge on any atom is 0.135 e. The summed E-state index contributed by atoms with van der Waals surface area (Å²) in [6, 6.07) is 2.52. The number of anilines is 1. The Balaban J connectivity index is 2.29. The van der Waals surface area contributed by atoms with Crippen LogP contribution in [-0.4, -0.2) is 22.6 Å². The summed E-state index contributed by atoms with van der Waals surface area (Å²) in [7, 11) is 0. The van der Waals surface area contributed by atoms with Crippen LogP contribution in [0.4, 0.5) is 5.82 Å². The van der Waals surface area contributed by atoms with Gasteiger partial charge < -0.3 is 4.90 Å². The Morgan fingerprint density at radius 1 is 1.33 bits per heavy atom. The third kappa shape index (κ3) is 2.94. The van der Waals surface area contributed by atoms with Gasteiger partial charge in [-0.05, 0) is 19.8 Å². The standard InChI is InChI=1S/C14H22ClN3/c1-4-18(11-7-5-6-8-11)13-9-12(15)16-14(17-13)10(2)3/h9-11H,4-8H2,1-3H3. The summed E-state index contributed by atoms with van der Waals surface area (Å²) in [5, 5.41) is 0.556. The van der Waals surface area contributed by atoms with E-state index < -0.39 is 0 Å². The van der Waals surface area contributed by atoms with E-state index in [1.807, 2.05) is 6.07 Å². The molecule has 0 atom stereocenters. The molecule has 100 valence electrons. The van der Waals surface area contributed by atoms with Crippen LogP contribution < -0.4 is 4.90 Å². The fourth-order valence-corrected chi connectivity index (χ4v) is 2.84. The number of nitrogens with zero attached hydrogens (tertiary/aromatic N) is 3. The van der Waals surface area contributed by atoms with Gasteiger partial charge in [-0.2, -0.15) is 0 Å². The second-order valence-corrected chi connectivity index (χ2v) is 5.67. The molecule has 0 N–H and O–H groups in total. The van der Waals surface area contributed by atoms with Gasteiger partial charge in [-0.25, -0.2) is 9.97 Å². The molecule has 4 heteroatoms. The topological polar surface area (TPSA) is 29.0 Å². The van der Waals surface area contributed by atoms with E-state index in [0.29, 0.717) is 17.1 Å². The molecule has 18 heavy (non-hydrogen) atoms. The number of hydrogen-bond donors (Lipinski definition) is 0. The molecule has 1 heterocycles. The van der Waals surface area contributed by atoms with E-state index in [2.05, 4.69) is 35.6 Å². The Hall–Kier alpha value is -0.830. The third-order valence-electron chi connectivity index (χ3n) is 3.62. The number of rotatable bonds is 4. The highest BCUT2D eigenvalue weighted by Crippen LogP contribution is 2.28. The molecule has 1 aliphatic rings. The lowest BCUT2D eigenvalue weighted by Gasteiger charge is -2.29. The summed E-state index contributed by atoms with van der Waals surface area (Å²) in [6.07, 6.45) is 5.20. The lowest BCUT2D eigenvalue weighted by atomic mass is 10.2. The molecule has 0 amide bonds. The first-order chi connectivity index (χ1) is 8.61. The fourth-order valence-electron chi connectivity index (χ4n) is 2.65. The summed E-state index contributed by atoms with van der Waals surface area (Å²) >= 11 is 6.12. The van der Waals surface area contributed by atoms with E-state index in [1.165, 1.54) is 25.7 Å². The number of aromatic nitrogens is 2. The van der Waals surface area contributed by atoms with Gasteiger partial charge in [-0.3, -0.25) is 0 Å². The van der Waals surface area contributed by atoms with Crippen molar-refractivity contribution in [1.29, 1.82) is 0 Å². The maximum absolute atomic E-state index is 6.12. The van der Waals surface area contributed by atoms with E-state index in [1.54, 1.807) is 0 Å². The molecular weight excluding hydrogens is 246 g/mol. The minimum atomic E-state index is 0.310. The van der Waals surface area contributed by atoms with Gasteiger partial charge in [-0.15, -0.1) is 0 Å². The quantitative estimate of drug-likeness (QED) is 0.772. The maximum atomic E-state index is 6.12. The van der Waals surface area contributed by atoms with Gasteiger partial charge in [0.25, 0.3) is 0 Å². The van der Waals surface area contributed by atoms with Crippen LogP contribution in [0.1, 0.15) is 58.2 Å². The molecule has 0 spiro atoms. The van der Waals surface area contributed by atoms with Crippen molar-refractivity contribution in [2.24, 2.45) is 0 Å². The summed E-state index contributed by atoms with van der Waals surface area (Å²) in [5.41, 5.74) is 0. The van der Waals surface area contributed by atoms with Gasteiger partial charge in [0.2, 0.25) is 0 Å². The Morgan fingerprint density at radius 3 is 2.56 bits per heavy atom. The molecule has 2 rings (SSSR count). The highest BCUT2D eigenvalue weighted by molar-refractivity contribution is 6.29. The molecular formula is C14H22ClN3. The summed E-state index contributed by atoms with van der Waals surface area (Å²) in [4.78, 5) is 11.4. The lowest BCUT2D eigenvalue weighted by Crippen LogP contribution is -2.34. The number of halogens is 1. The zero-order valence-corrected chi connectivity index (χ0v) is 12.2. The second-order valence-electron chi connectivity index (χ2n) is 5.29. The molecule has 0 saturated heterocycles. The molecule has 1 fully saturated rings. The Labute approximate surface area is 115 Å². The average Bonchev–Trinajstić information content (AvgIpc) is 2.83. The van der Waals surface area contributed by atoms with Gasteiger partial charge in [0.15, 0.2) is 0 Å². The molecule has 1 aromatic rings. The van der Waals surface area contributed by atoms with Gasteiger partial charge in [0, 0.05) is 24.6 Å². The van der Waals surface area contributed by atoms with Crippen molar-refractivity contribution >= 4 is 17.4 Å². The highest BCUT2D eigenvalue weighted by Gasteiger charge is 2.23. The SMILES string of the molecule is CCN(c1cc(Cl)nc(C(C)C)n1)C1CCCC1. The summed E-state index contributed by atoms with van der Waals surface area (Å²) < 4.78 is 0. The van der Waals surface area contributed by atoms with Crippen LogP contribution in [0.3, 0.4) is 0 Å². The van der Waals surface area contributed by atoms with E-state index in [4.69, 9.17) is 11.6 Å². The first-order valence-electron chi connectivity index (χ1n) is 6.93. The Bertz CT molecular complexity index is 400.